The topological polar surface area (TPSA) is 91.1 Å². The fourth-order valence-electron chi connectivity index (χ4n) is 3.06. The van der Waals surface area contributed by atoms with Crippen LogP contribution in [0.3, 0.4) is 0 Å². The average molecular weight is 421 g/mol. The molecule has 1 saturated carbocycles. The van der Waals surface area contributed by atoms with Gasteiger partial charge < -0.3 is 15.6 Å². The Kier molecular flexibility index (Phi) is 5.49. The summed E-state index contributed by atoms with van der Waals surface area (Å²) in [6.45, 7) is 5.01. The first kappa shape index (κ1) is 21.6. The number of anilines is 1. The minimum Gasteiger partial charge on any atom is -0.348 e. The van der Waals surface area contributed by atoms with Gasteiger partial charge in [-0.25, -0.2) is 0 Å². The van der Waals surface area contributed by atoms with Crippen molar-refractivity contribution in [3.63, 3.8) is 0 Å². The summed E-state index contributed by atoms with van der Waals surface area (Å²) in [6.07, 6.45) is -3.37. The molecule has 2 amide bonds. The molecule has 1 aromatic carbocycles. The zero-order valence-electron chi connectivity index (χ0n) is 16.8. The monoisotopic (exact) mass is 421 g/mol. The molecule has 2 aromatic rings. The number of halogens is 3. The van der Waals surface area contributed by atoms with Crippen LogP contribution in [0.5, 0.6) is 0 Å². The SMILES string of the molecule is Cc1cc(C)c(CNC(=O)c2cc(NC(=O)C3(C)CC3)cc(C(F)(F)F)c2)c(=O)[nH]1. The zero-order valence-corrected chi connectivity index (χ0v) is 16.8. The summed E-state index contributed by atoms with van der Waals surface area (Å²) in [5.74, 6) is -1.16. The van der Waals surface area contributed by atoms with Crippen molar-refractivity contribution in [3.05, 3.63) is 62.6 Å². The fraction of sp³-hybridized carbons (Fsp3) is 0.381. The minimum absolute atomic E-state index is 0.0996. The predicted octanol–water partition coefficient (Wildman–Crippen LogP) is 3.68. The van der Waals surface area contributed by atoms with Crippen molar-refractivity contribution in [2.75, 3.05) is 5.32 Å². The van der Waals surface area contributed by atoms with Crippen molar-refractivity contribution in [1.29, 1.82) is 0 Å². The van der Waals surface area contributed by atoms with Gasteiger partial charge in [0, 0.05) is 34.5 Å². The molecule has 1 aliphatic carbocycles. The maximum atomic E-state index is 13.3. The Morgan fingerprint density at radius 3 is 2.37 bits per heavy atom. The molecule has 0 aliphatic heterocycles. The first-order valence-corrected chi connectivity index (χ1v) is 9.40. The van der Waals surface area contributed by atoms with Crippen molar-refractivity contribution in [2.45, 2.75) is 46.3 Å². The summed E-state index contributed by atoms with van der Waals surface area (Å²) in [7, 11) is 0. The van der Waals surface area contributed by atoms with Gasteiger partial charge in [-0.1, -0.05) is 6.92 Å². The molecule has 6 nitrogen and oxygen atoms in total. The lowest BCUT2D eigenvalue weighted by atomic mass is 10.1. The second kappa shape index (κ2) is 7.62. The Balaban J connectivity index is 1.84. The second-order valence-electron chi connectivity index (χ2n) is 7.94. The molecule has 0 saturated heterocycles. The van der Waals surface area contributed by atoms with Gasteiger partial charge in [0.15, 0.2) is 0 Å². The summed E-state index contributed by atoms with van der Waals surface area (Å²) in [5, 5.41) is 4.96. The van der Waals surface area contributed by atoms with Crippen molar-refractivity contribution in [1.82, 2.24) is 10.3 Å². The van der Waals surface area contributed by atoms with Gasteiger partial charge in [-0.2, -0.15) is 13.2 Å². The number of aromatic nitrogens is 1. The highest BCUT2D eigenvalue weighted by Crippen LogP contribution is 2.46. The molecular formula is C21H22F3N3O3. The Morgan fingerprint density at radius 2 is 1.80 bits per heavy atom. The van der Waals surface area contributed by atoms with E-state index >= 15 is 0 Å². The Morgan fingerprint density at radius 1 is 1.13 bits per heavy atom. The van der Waals surface area contributed by atoms with Crippen LogP contribution in [0.4, 0.5) is 18.9 Å². The maximum Gasteiger partial charge on any atom is 0.416 e. The van der Waals surface area contributed by atoms with E-state index in [1.165, 1.54) is 6.07 Å². The summed E-state index contributed by atoms with van der Waals surface area (Å²) in [5.41, 5.74) is -0.726. The van der Waals surface area contributed by atoms with E-state index in [-0.39, 0.29) is 29.3 Å². The second-order valence-corrected chi connectivity index (χ2v) is 7.94. The van der Waals surface area contributed by atoms with Gasteiger partial charge in [0.1, 0.15) is 0 Å². The molecule has 0 bridgehead atoms. The van der Waals surface area contributed by atoms with Crippen molar-refractivity contribution < 1.29 is 22.8 Å². The van der Waals surface area contributed by atoms with E-state index in [9.17, 15) is 27.6 Å². The molecule has 0 spiro atoms. The highest BCUT2D eigenvalue weighted by Gasteiger charge is 2.45. The minimum atomic E-state index is -4.69. The molecule has 3 rings (SSSR count). The highest BCUT2D eigenvalue weighted by atomic mass is 19.4. The van der Waals surface area contributed by atoms with Gasteiger partial charge in [0.2, 0.25) is 5.91 Å². The number of hydrogen-bond acceptors (Lipinski definition) is 3. The smallest absolute Gasteiger partial charge is 0.348 e. The van der Waals surface area contributed by atoms with Crippen LogP contribution in [-0.4, -0.2) is 16.8 Å². The number of nitrogens with one attached hydrogen (secondary N) is 3. The largest absolute Gasteiger partial charge is 0.416 e. The molecule has 1 aromatic heterocycles. The number of rotatable bonds is 5. The molecule has 1 fully saturated rings. The first-order chi connectivity index (χ1) is 13.9. The third kappa shape index (κ3) is 4.72. The highest BCUT2D eigenvalue weighted by molar-refractivity contribution is 5.99. The van der Waals surface area contributed by atoms with E-state index in [0.29, 0.717) is 29.7 Å². The summed E-state index contributed by atoms with van der Waals surface area (Å²) < 4.78 is 39.9. The summed E-state index contributed by atoms with van der Waals surface area (Å²) in [4.78, 5) is 39.4. The van der Waals surface area contributed by atoms with Gasteiger partial charge in [-0.3, -0.25) is 14.4 Å². The number of H-pyrrole nitrogens is 1. The van der Waals surface area contributed by atoms with E-state index in [2.05, 4.69) is 15.6 Å². The van der Waals surface area contributed by atoms with Crippen LogP contribution in [0, 0.1) is 19.3 Å². The standard InChI is InChI=1S/C21H22F3N3O3/c1-11-6-12(2)26-18(29)16(11)10-25-17(28)13-7-14(21(22,23)24)9-15(8-13)27-19(30)20(3)4-5-20/h6-9H,4-5,10H2,1-3H3,(H,25,28)(H,26,29)(H,27,30). The number of aryl methyl sites for hydroxylation is 2. The van der Waals surface area contributed by atoms with Gasteiger partial charge >= 0.3 is 6.18 Å². The summed E-state index contributed by atoms with van der Waals surface area (Å²) in [6, 6.07) is 4.45. The average Bonchev–Trinajstić information content (AvgIpc) is 3.38. The predicted molar refractivity (Wildman–Crippen MR) is 105 cm³/mol. The van der Waals surface area contributed by atoms with Gasteiger partial charge in [0.25, 0.3) is 11.5 Å². The van der Waals surface area contributed by atoms with Crippen LogP contribution in [0.1, 0.15) is 52.5 Å². The van der Waals surface area contributed by atoms with E-state index in [0.717, 1.165) is 12.1 Å². The lowest BCUT2D eigenvalue weighted by Crippen LogP contribution is -2.28. The molecule has 0 radical (unpaired) electrons. The quantitative estimate of drug-likeness (QED) is 0.688. The first-order valence-electron chi connectivity index (χ1n) is 9.40. The maximum absolute atomic E-state index is 13.3. The van der Waals surface area contributed by atoms with E-state index in [1.54, 1.807) is 26.8 Å². The van der Waals surface area contributed by atoms with E-state index in [1.807, 2.05) is 0 Å². The number of amides is 2. The third-order valence-corrected chi connectivity index (χ3v) is 5.25. The molecule has 0 unspecified atom stereocenters. The van der Waals surface area contributed by atoms with Crippen LogP contribution in [0.2, 0.25) is 0 Å². The van der Waals surface area contributed by atoms with Crippen LogP contribution in [-0.2, 0) is 17.5 Å². The van der Waals surface area contributed by atoms with Gasteiger partial charge in [0.05, 0.1) is 5.56 Å². The number of hydrogen-bond donors (Lipinski definition) is 3. The Hall–Kier alpha value is -3.10. The molecular weight excluding hydrogens is 399 g/mol. The lowest BCUT2D eigenvalue weighted by molar-refractivity contribution is -0.137. The lowest BCUT2D eigenvalue weighted by Gasteiger charge is -2.15. The number of carbonyl (C=O) groups is 2. The van der Waals surface area contributed by atoms with Crippen LogP contribution in [0.25, 0.3) is 0 Å². The van der Waals surface area contributed by atoms with Gasteiger partial charge in [-0.15, -0.1) is 0 Å². The fourth-order valence-corrected chi connectivity index (χ4v) is 3.06. The van der Waals surface area contributed by atoms with Crippen molar-refractivity contribution >= 4 is 17.5 Å². The van der Waals surface area contributed by atoms with Crippen LogP contribution < -0.4 is 16.2 Å². The number of alkyl halides is 3. The zero-order chi connectivity index (χ0) is 22.3. The number of aromatic amines is 1. The molecule has 1 aliphatic rings. The molecule has 3 N–H and O–H groups in total. The van der Waals surface area contributed by atoms with E-state index < -0.39 is 23.1 Å². The molecule has 160 valence electrons. The van der Waals surface area contributed by atoms with Gasteiger partial charge in [-0.05, 0) is 56.5 Å². The van der Waals surface area contributed by atoms with Crippen molar-refractivity contribution in [3.8, 4) is 0 Å². The van der Waals surface area contributed by atoms with Crippen molar-refractivity contribution in [2.24, 2.45) is 5.41 Å². The Labute approximate surface area is 170 Å². The molecule has 1 heterocycles. The number of carbonyl (C=O) groups excluding carboxylic acids is 2. The Bertz CT molecular complexity index is 1070. The van der Waals surface area contributed by atoms with Crippen LogP contribution in [0.15, 0.2) is 29.1 Å². The third-order valence-electron chi connectivity index (χ3n) is 5.25. The van der Waals surface area contributed by atoms with E-state index in [4.69, 9.17) is 0 Å². The molecule has 0 atom stereocenters. The van der Waals surface area contributed by atoms with Crippen LogP contribution >= 0.6 is 0 Å². The number of benzene rings is 1. The summed E-state index contributed by atoms with van der Waals surface area (Å²) >= 11 is 0. The molecule has 9 heteroatoms. The number of pyridine rings is 1. The molecule has 30 heavy (non-hydrogen) atoms. The normalized spacial score (nSPS) is 14.9.